The van der Waals surface area contributed by atoms with Crippen LogP contribution in [0.5, 0.6) is 0 Å². The van der Waals surface area contributed by atoms with E-state index in [4.69, 9.17) is 0 Å². The van der Waals surface area contributed by atoms with Gasteiger partial charge in [0.05, 0.1) is 12.2 Å². The Balaban J connectivity index is 1.52. The third-order valence-electron chi connectivity index (χ3n) is 5.06. The highest BCUT2D eigenvalue weighted by molar-refractivity contribution is 5.85. The first-order valence-electron chi connectivity index (χ1n) is 8.48. The molecule has 1 aliphatic carbocycles. The van der Waals surface area contributed by atoms with Gasteiger partial charge in [-0.05, 0) is 43.9 Å². The van der Waals surface area contributed by atoms with Crippen molar-refractivity contribution in [3.63, 3.8) is 0 Å². The Morgan fingerprint density at radius 1 is 1.38 bits per heavy atom. The average molecular weight is 322 g/mol. The Bertz CT molecular complexity index is 905. The zero-order valence-corrected chi connectivity index (χ0v) is 14.1. The van der Waals surface area contributed by atoms with E-state index in [1.165, 1.54) is 22.2 Å². The number of aromatic nitrogens is 3. The van der Waals surface area contributed by atoms with E-state index in [-0.39, 0.29) is 11.9 Å². The lowest BCUT2D eigenvalue weighted by Gasteiger charge is -2.24. The second kappa shape index (κ2) is 5.82. The summed E-state index contributed by atoms with van der Waals surface area (Å²) in [5.74, 6) is 0.0516. The van der Waals surface area contributed by atoms with Crippen LogP contribution in [-0.4, -0.2) is 20.3 Å². The topological polar surface area (TPSA) is 51.9 Å². The quantitative estimate of drug-likeness (QED) is 0.806. The summed E-state index contributed by atoms with van der Waals surface area (Å²) in [5.41, 5.74) is 4.76. The van der Waals surface area contributed by atoms with Gasteiger partial charge in [-0.2, -0.15) is 5.10 Å². The van der Waals surface area contributed by atoms with Crippen molar-refractivity contribution in [2.75, 3.05) is 0 Å². The van der Waals surface area contributed by atoms with Crippen LogP contribution >= 0.6 is 0 Å². The summed E-state index contributed by atoms with van der Waals surface area (Å²) >= 11 is 0. The van der Waals surface area contributed by atoms with Crippen LogP contribution < -0.4 is 5.32 Å². The molecule has 1 atom stereocenters. The van der Waals surface area contributed by atoms with Crippen molar-refractivity contribution < 1.29 is 4.79 Å². The molecule has 1 amide bonds. The van der Waals surface area contributed by atoms with Gasteiger partial charge < -0.3 is 9.88 Å². The lowest BCUT2D eigenvalue weighted by Crippen LogP contribution is -2.33. The predicted octanol–water partition coefficient (Wildman–Crippen LogP) is 2.88. The van der Waals surface area contributed by atoms with E-state index in [9.17, 15) is 4.79 Å². The Morgan fingerprint density at radius 3 is 3.12 bits per heavy atom. The molecule has 0 aliphatic heterocycles. The lowest BCUT2D eigenvalue weighted by molar-refractivity contribution is -0.122. The smallest absolute Gasteiger partial charge is 0.240 e. The Morgan fingerprint density at radius 2 is 2.25 bits per heavy atom. The molecule has 24 heavy (non-hydrogen) atoms. The third-order valence-corrected chi connectivity index (χ3v) is 5.06. The fourth-order valence-electron chi connectivity index (χ4n) is 3.77. The zero-order chi connectivity index (χ0) is 16.7. The van der Waals surface area contributed by atoms with Gasteiger partial charge >= 0.3 is 0 Å². The monoisotopic (exact) mass is 322 g/mol. The van der Waals surface area contributed by atoms with Crippen LogP contribution in [0.15, 0.2) is 36.7 Å². The first-order chi connectivity index (χ1) is 11.6. The minimum Gasteiger partial charge on any atom is -0.348 e. The number of hydrogen-bond acceptors (Lipinski definition) is 2. The van der Waals surface area contributed by atoms with E-state index >= 15 is 0 Å². The number of amides is 1. The summed E-state index contributed by atoms with van der Waals surface area (Å²) in [6.45, 7) is 2.44. The molecule has 4 rings (SSSR count). The predicted molar refractivity (Wildman–Crippen MR) is 93.7 cm³/mol. The number of nitrogens with one attached hydrogen (secondary N) is 1. The normalized spacial score (nSPS) is 17.0. The van der Waals surface area contributed by atoms with Gasteiger partial charge in [0.1, 0.15) is 6.54 Å². The van der Waals surface area contributed by atoms with E-state index in [0.717, 1.165) is 24.8 Å². The van der Waals surface area contributed by atoms with Gasteiger partial charge in [-0.3, -0.25) is 9.48 Å². The Labute approximate surface area is 141 Å². The van der Waals surface area contributed by atoms with E-state index in [1.54, 1.807) is 0 Å². The molecular weight excluding hydrogens is 300 g/mol. The molecule has 2 heterocycles. The van der Waals surface area contributed by atoms with Gasteiger partial charge in [0, 0.05) is 35.4 Å². The lowest BCUT2D eigenvalue weighted by atomic mass is 9.93. The Hall–Kier alpha value is -2.56. The van der Waals surface area contributed by atoms with Crippen LogP contribution in [-0.2, 0) is 24.8 Å². The van der Waals surface area contributed by atoms with Crippen LogP contribution in [0.25, 0.3) is 10.9 Å². The minimum absolute atomic E-state index is 0.0516. The molecule has 1 aliphatic rings. The molecule has 1 aromatic carbocycles. The molecule has 1 unspecified atom stereocenters. The first kappa shape index (κ1) is 15.0. The molecule has 5 nitrogen and oxygen atoms in total. The number of fused-ring (bicyclic) bond motifs is 2. The van der Waals surface area contributed by atoms with Crippen molar-refractivity contribution in [2.24, 2.45) is 7.05 Å². The van der Waals surface area contributed by atoms with Crippen molar-refractivity contribution in [3.8, 4) is 0 Å². The molecule has 0 fully saturated rings. The van der Waals surface area contributed by atoms with Crippen LogP contribution in [0, 0.1) is 6.92 Å². The van der Waals surface area contributed by atoms with Gasteiger partial charge in [-0.15, -0.1) is 0 Å². The molecule has 0 bridgehead atoms. The number of hydrogen-bond donors (Lipinski definition) is 1. The molecule has 0 saturated carbocycles. The average Bonchev–Trinajstić information content (AvgIpc) is 3.14. The fraction of sp³-hybridized carbons (Fsp3) is 0.368. The van der Waals surface area contributed by atoms with Gasteiger partial charge in [0.25, 0.3) is 0 Å². The Kier molecular flexibility index (Phi) is 3.63. The molecule has 5 heteroatoms. The van der Waals surface area contributed by atoms with Crippen LogP contribution in [0.3, 0.4) is 0 Å². The second-order valence-electron chi connectivity index (χ2n) is 6.63. The number of nitrogens with zero attached hydrogens (tertiary/aromatic N) is 3. The number of aryl methyl sites for hydroxylation is 2. The molecule has 0 saturated heterocycles. The highest BCUT2D eigenvalue weighted by atomic mass is 16.2. The van der Waals surface area contributed by atoms with Gasteiger partial charge in [0.2, 0.25) is 5.91 Å². The summed E-state index contributed by atoms with van der Waals surface area (Å²) < 4.78 is 3.94. The zero-order valence-electron chi connectivity index (χ0n) is 14.1. The largest absolute Gasteiger partial charge is 0.348 e. The summed E-state index contributed by atoms with van der Waals surface area (Å²) in [7, 11) is 1.97. The summed E-state index contributed by atoms with van der Waals surface area (Å²) in [4.78, 5) is 12.6. The van der Waals surface area contributed by atoms with E-state index < -0.39 is 0 Å². The van der Waals surface area contributed by atoms with Crippen molar-refractivity contribution in [1.29, 1.82) is 0 Å². The number of benzene rings is 1. The number of rotatable bonds is 3. The molecule has 124 valence electrons. The van der Waals surface area contributed by atoms with Crippen molar-refractivity contribution in [2.45, 2.75) is 38.8 Å². The SMILES string of the molecule is Cc1cccc2c1ccn2CC(=O)NC1CCCc2c1cnn2C. The van der Waals surface area contributed by atoms with E-state index in [2.05, 4.69) is 35.5 Å². The summed E-state index contributed by atoms with van der Waals surface area (Å²) in [6, 6.07) is 8.36. The number of carbonyl (C=O) groups is 1. The van der Waals surface area contributed by atoms with Crippen molar-refractivity contribution in [3.05, 3.63) is 53.5 Å². The van der Waals surface area contributed by atoms with E-state index in [0.29, 0.717) is 6.54 Å². The maximum absolute atomic E-state index is 12.6. The number of carbonyl (C=O) groups excluding carboxylic acids is 1. The van der Waals surface area contributed by atoms with Gasteiger partial charge in [-0.25, -0.2) is 0 Å². The molecule has 1 N–H and O–H groups in total. The maximum Gasteiger partial charge on any atom is 0.240 e. The minimum atomic E-state index is 0.0516. The van der Waals surface area contributed by atoms with Crippen LogP contribution in [0.1, 0.15) is 35.7 Å². The first-order valence-corrected chi connectivity index (χ1v) is 8.48. The van der Waals surface area contributed by atoms with Crippen LogP contribution in [0.4, 0.5) is 0 Å². The van der Waals surface area contributed by atoms with Gasteiger partial charge in [0.15, 0.2) is 0 Å². The van der Waals surface area contributed by atoms with Gasteiger partial charge in [-0.1, -0.05) is 12.1 Å². The molecule has 2 aromatic heterocycles. The fourth-order valence-corrected chi connectivity index (χ4v) is 3.77. The van der Waals surface area contributed by atoms with Crippen molar-refractivity contribution >= 4 is 16.8 Å². The highest BCUT2D eigenvalue weighted by Gasteiger charge is 2.24. The summed E-state index contributed by atoms with van der Waals surface area (Å²) in [6.07, 6.45) is 7.00. The molecule has 3 aromatic rings. The standard InChI is InChI=1S/C19H22N4O/c1-13-5-3-8-18-14(13)9-10-23(18)12-19(24)21-16-6-4-7-17-15(16)11-20-22(17)2/h3,5,8-11,16H,4,6-7,12H2,1-2H3,(H,21,24). The maximum atomic E-state index is 12.6. The molecular formula is C19H22N4O. The van der Waals surface area contributed by atoms with E-state index in [1.807, 2.05) is 34.8 Å². The second-order valence-corrected chi connectivity index (χ2v) is 6.63. The van der Waals surface area contributed by atoms with Crippen LogP contribution in [0.2, 0.25) is 0 Å². The van der Waals surface area contributed by atoms with Crippen molar-refractivity contribution in [1.82, 2.24) is 19.7 Å². The summed E-state index contributed by atoms with van der Waals surface area (Å²) in [5, 5.41) is 8.74. The highest BCUT2D eigenvalue weighted by Crippen LogP contribution is 2.29. The molecule has 0 spiro atoms. The molecule has 0 radical (unpaired) electrons. The third kappa shape index (κ3) is 2.50.